The highest BCUT2D eigenvalue weighted by Gasteiger charge is 2.09. The van der Waals surface area contributed by atoms with Crippen LogP contribution in [0.5, 0.6) is 5.75 Å². The zero-order valence-electron chi connectivity index (χ0n) is 14.4. The number of methoxy groups -OCH3 is 1. The molecule has 3 rings (SSSR count). The lowest BCUT2D eigenvalue weighted by atomic mass is 10.1. The van der Waals surface area contributed by atoms with E-state index in [1.165, 1.54) is 6.33 Å². The van der Waals surface area contributed by atoms with Gasteiger partial charge >= 0.3 is 0 Å². The molecular formula is C19H20N4O3. The standard InChI is InChI=1S/C19H20N4O3/c1-25-17-7-3-2-5-14(17)8-9-20-18-11-16(22-13-23-18)19(24)21-12-15-6-4-10-26-15/h2-7,10-11,13H,8-9,12H2,1H3,(H,21,24)(H,20,22,23). The molecule has 134 valence electrons. The molecule has 3 aromatic rings. The number of para-hydroxylation sites is 1. The van der Waals surface area contributed by atoms with Gasteiger partial charge in [0.05, 0.1) is 19.9 Å². The number of carbonyl (C=O) groups excluding carboxylic acids is 1. The summed E-state index contributed by atoms with van der Waals surface area (Å²) in [5, 5.41) is 5.96. The van der Waals surface area contributed by atoms with Crippen LogP contribution in [0.4, 0.5) is 5.82 Å². The van der Waals surface area contributed by atoms with Crippen molar-refractivity contribution in [2.24, 2.45) is 0 Å². The van der Waals surface area contributed by atoms with Crippen molar-refractivity contribution in [1.82, 2.24) is 15.3 Å². The van der Waals surface area contributed by atoms with Crippen molar-refractivity contribution in [1.29, 1.82) is 0 Å². The lowest BCUT2D eigenvalue weighted by molar-refractivity contribution is 0.0943. The third-order valence-corrected chi connectivity index (χ3v) is 3.80. The van der Waals surface area contributed by atoms with Crippen molar-refractivity contribution in [3.05, 3.63) is 72.1 Å². The maximum absolute atomic E-state index is 12.2. The Balaban J connectivity index is 1.54. The van der Waals surface area contributed by atoms with Gasteiger partial charge in [-0.15, -0.1) is 0 Å². The maximum Gasteiger partial charge on any atom is 0.270 e. The Labute approximate surface area is 151 Å². The third-order valence-electron chi connectivity index (χ3n) is 3.80. The van der Waals surface area contributed by atoms with Crippen LogP contribution in [0.2, 0.25) is 0 Å². The first-order valence-electron chi connectivity index (χ1n) is 8.24. The van der Waals surface area contributed by atoms with Gasteiger partial charge in [-0.1, -0.05) is 18.2 Å². The van der Waals surface area contributed by atoms with E-state index in [9.17, 15) is 4.79 Å². The van der Waals surface area contributed by atoms with E-state index in [-0.39, 0.29) is 5.91 Å². The van der Waals surface area contributed by atoms with E-state index in [0.717, 1.165) is 17.7 Å². The minimum absolute atomic E-state index is 0.281. The molecule has 0 fully saturated rings. The summed E-state index contributed by atoms with van der Waals surface area (Å²) in [5.74, 6) is 1.85. The van der Waals surface area contributed by atoms with Gasteiger partial charge in [0.2, 0.25) is 0 Å². The van der Waals surface area contributed by atoms with E-state index in [2.05, 4.69) is 20.6 Å². The van der Waals surface area contributed by atoms with Crippen LogP contribution in [0, 0.1) is 0 Å². The number of hydrogen-bond donors (Lipinski definition) is 2. The van der Waals surface area contributed by atoms with E-state index in [0.29, 0.717) is 30.4 Å². The van der Waals surface area contributed by atoms with Crippen LogP contribution in [0.3, 0.4) is 0 Å². The van der Waals surface area contributed by atoms with Crippen molar-refractivity contribution >= 4 is 11.7 Å². The number of anilines is 1. The summed E-state index contributed by atoms with van der Waals surface area (Å²) in [6.45, 7) is 0.969. The molecule has 1 amide bonds. The molecule has 2 heterocycles. The van der Waals surface area contributed by atoms with Crippen LogP contribution in [0.25, 0.3) is 0 Å². The van der Waals surface area contributed by atoms with E-state index in [4.69, 9.17) is 9.15 Å². The number of nitrogens with one attached hydrogen (secondary N) is 2. The molecule has 0 saturated carbocycles. The number of hydrogen-bond acceptors (Lipinski definition) is 6. The predicted molar refractivity (Wildman–Crippen MR) is 97.1 cm³/mol. The Morgan fingerprint density at radius 1 is 1.19 bits per heavy atom. The number of rotatable bonds is 8. The fourth-order valence-electron chi connectivity index (χ4n) is 2.48. The van der Waals surface area contributed by atoms with Crippen LogP contribution >= 0.6 is 0 Å². The molecule has 0 aliphatic heterocycles. The van der Waals surface area contributed by atoms with E-state index < -0.39 is 0 Å². The van der Waals surface area contributed by atoms with Crippen LogP contribution in [-0.4, -0.2) is 29.5 Å². The summed E-state index contributed by atoms with van der Waals surface area (Å²) in [6, 6.07) is 13.1. The largest absolute Gasteiger partial charge is 0.496 e. The van der Waals surface area contributed by atoms with Crippen molar-refractivity contribution in [3.8, 4) is 5.75 Å². The molecule has 0 aliphatic carbocycles. The van der Waals surface area contributed by atoms with Gasteiger partial charge < -0.3 is 19.8 Å². The number of aromatic nitrogens is 2. The number of benzene rings is 1. The van der Waals surface area contributed by atoms with Gasteiger partial charge in [0.15, 0.2) is 0 Å². The van der Waals surface area contributed by atoms with Crippen molar-refractivity contribution in [2.75, 3.05) is 19.0 Å². The van der Waals surface area contributed by atoms with Crippen molar-refractivity contribution < 1.29 is 13.9 Å². The summed E-state index contributed by atoms with van der Waals surface area (Å²) in [7, 11) is 1.66. The number of ether oxygens (including phenoxy) is 1. The molecule has 0 spiro atoms. The number of nitrogens with zero attached hydrogens (tertiary/aromatic N) is 2. The van der Waals surface area contributed by atoms with Crippen LogP contribution in [0.1, 0.15) is 21.8 Å². The molecule has 0 unspecified atom stereocenters. The van der Waals surface area contributed by atoms with Gasteiger partial charge in [0, 0.05) is 12.6 Å². The average Bonchev–Trinajstić information content (AvgIpc) is 3.20. The Morgan fingerprint density at radius 2 is 2.08 bits per heavy atom. The van der Waals surface area contributed by atoms with E-state index in [1.807, 2.05) is 24.3 Å². The fourth-order valence-corrected chi connectivity index (χ4v) is 2.48. The van der Waals surface area contributed by atoms with Crippen LogP contribution in [0.15, 0.2) is 59.5 Å². The number of carbonyl (C=O) groups is 1. The van der Waals surface area contributed by atoms with Gasteiger partial charge in [-0.2, -0.15) is 0 Å². The highest BCUT2D eigenvalue weighted by molar-refractivity contribution is 5.92. The minimum atomic E-state index is -0.281. The fraction of sp³-hybridized carbons (Fsp3) is 0.211. The lowest BCUT2D eigenvalue weighted by Crippen LogP contribution is -2.24. The quantitative estimate of drug-likeness (QED) is 0.648. The third kappa shape index (κ3) is 4.60. The number of furan rings is 1. The highest BCUT2D eigenvalue weighted by Crippen LogP contribution is 2.17. The monoisotopic (exact) mass is 352 g/mol. The topological polar surface area (TPSA) is 89.3 Å². The van der Waals surface area contributed by atoms with Gasteiger partial charge in [-0.05, 0) is 30.2 Å². The van der Waals surface area contributed by atoms with Gasteiger partial charge in [0.1, 0.15) is 29.3 Å². The minimum Gasteiger partial charge on any atom is -0.496 e. The second-order valence-corrected chi connectivity index (χ2v) is 5.54. The van der Waals surface area contributed by atoms with E-state index >= 15 is 0 Å². The SMILES string of the molecule is COc1ccccc1CCNc1cc(C(=O)NCc2ccco2)ncn1. The summed E-state index contributed by atoms with van der Waals surface area (Å²) in [4.78, 5) is 20.4. The molecule has 0 radical (unpaired) electrons. The Hall–Kier alpha value is -3.35. The number of amides is 1. The molecule has 7 heteroatoms. The second-order valence-electron chi connectivity index (χ2n) is 5.54. The summed E-state index contributed by atoms with van der Waals surface area (Å²) >= 11 is 0. The molecule has 1 aromatic carbocycles. The molecule has 0 bridgehead atoms. The van der Waals surface area contributed by atoms with Crippen LogP contribution in [-0.2, 0) is 13.0 Å². The zero-order chi connectivity index (χ0) is 18.2. The first-order valence-corrected chi connectivity index (χ1v) is 8.24. The molecule has 2 aromatic heterocycles. The Kier molecular flexibility index (Phi) is 5.82. The Bertz CT molecular complexity index is 850. The van der Waals surface area contributed by atoms with Gasteiger partial charge in [-0.3, -0.25) is 4.79 Å². The zero-order valence-corrected chi connectivity index (χ0v) is 14.4. The summed E-state index contributed by atoms with van der Waals surface area (Å²) in [5.41, 5.74) is 1.40. The van der Waals surface area contributed by atoms with Crippen molar-refractivity contribution in [3.63, 3.8) is 0 Å². The van der Waals surface area contributed by atoms with Gasteiger partial charge in [0.25, 0.3) is 5.91 Å². The normalized spacial score (nSPS) is 10.3. The molecule has 0 atom stereocenters. The molecule has 7 nitrogen and oxygen atoms in total. The average molecular weight is 352 g/mol. The molecule has 0 saturated heterocycles. The molecular weight excluding hydrogens is 332 g/mol. The smallest absolute Gasteiger partial charge is 0.270 e. The predicted octanol–water partition coefficient (Wildman–Crippen LogP) is 2.66. The lowest BCUT2D eigenvalue weighted by Gasteiger charge is -2.10. The molecule has 2 N–H and O–H groups in total. The van der Waals surface area contributed by atoms with Crippen LogP contribution < -0.4 is 15.4 Å². The maximum atomic E-state index is 12.2. The summed E-state index contributed by atoms with van der Waals surface area (Å²) < 4.78 is 10.5. The highest BCUT2D eigenvalue weighted by atomic mass is 16.5. The van der Waals surface area contributed by atoms with Crippen molar-refractivity contribution in [2.45, 2.75) is 13.0 Å². The Morgan fingerprint density at radius 3 is 2.88 bits per heavy atom. The summed E-state index contributed by atoms with van der Waals surface area (Å²) in [6.07, 6.45) is 3.71. The molecule has 26 heavy (non-hydrogen) atoms. The molecule has 0 aliphatic rings. The van der Waals surface area contributed by atoms with E-state index in [1.54, 1.807) is 31.6 Å². The van der Waals surface area contributed by atoms with Gasteiger partial charge in [-0.25, -0.2) is 9.97 Å². The first-order chi connectivity index (χ1) is 12.8. The second kappa shape index (κ2) is 8.66. The first kappa shape index (κ1) is 17.5.